The van der Waals surface area contributed by atoms with Gasteiger partial charge in [0.15, 0.2) is 11.5 Å². The second kappa shape index (κ2) is 8.25. The van der Waals surface area contributed by atoms with Crippen LogP contribution in [-0.4, -0.2) is 47.9 Å². The first-order chi connectivity index (χ1) is 9.19. The molecule has 1 aromatic rings. The number of methoxy groups -OCH3 is 1. The Hall–Kier alpha value is -1.89. The van der Waals surface area contributed by atoms with Crippen LogP contribution >= 0.6 is 0 Å². The third kappa shape index (κ3) is 5.09. The van der Waals surface area contributed by atoms with Crippen molar-refractivity contribution in [3.05, 3.63) is 11.9 Å². The van der Waals surface area contributed by atoms with E-state index >= 15 is 0 Å². The SMILES string of the molecule is CCCCNc1ncc(C(=O)O)nc1OCCOC. The van der Waals surface area contributed by atoms with E-state index in [0.29, 0.717) is 12.4 Å². The highest BCUT2D eigenvalue weighted by Crippen LogP contribution is 2.19. The lowest BCUT2D eigenvalue weighted by Gasteiger charge is -2.11. The minimum Gasteiger partial charge on any atom is -0.476 e. The number of carbonyl (C=O) groups is 1. The molecule has 7 nitrogen and oxygen atoms in total. The van der Waals surface area contributed by atoms with Crippen LogP contribution in [0.4, 0.5) is 5.82 Å². The van der Waals surface area contributed by atoms with E-state index in [1.807, 2.05) is 0 Å². The molecule has 0 radical (unpaired) electrons. The Balaban J connectivity index is 2.78. The molecule has 0 saturated heterocycles. The highest BCUT2D eigenvalue weighted by Gasteiger charge is 2.12. The molecule has 0 amide bonds. The van der Waals surface area contributed by atoms with Gasteiger partial charge in [0.25, 0.3) is 5.88 Å². The van der Waals surface area contributed by atoms with E-state index in [9.17, 15) is 4.79 Å². The monoisotopic (exact) mass is 269 g/mol. The van der Waals surface area contributed by atoms with Crippen LogP contribution < -0.4 is 10.1 Å². The third-order valence-corrected chi connectivity index (χ3v) is 2.31. The van der Waals surface area contributed by atoms with Crippen LogP contribution in [0, 0.1) is 0 Å². The molecule has 0 spiro atoms. The summed E-state index contributed by atoms with van der Waals surface area (Å²) in [6, 6.07) is 0. The van der Waals surface area contributed by atoms with Gasteiger partial charge in [0.1, 0.15) is 6.61 Å². The lowest BCUT2D eigenvalue weighted by molar-refractivity contribution is 0.0688. The lowest BCUT2D eigenvalue weighted by atomic mass is 10.3. The second-order valence-corrected chi connectivity index (χ2v) is 3.84. The third-order valence-electron chi connectivity index (χ3n) is 2.31. The Morgan fingerprint density at radius 1 is 1.47 bits per heavy atom. The molecule has 0 aliphatic heterocycles. The quantitative estimate of drug-likeness (QED) is 0.654. The molecule has 2 N–H and O–H groups in total. The highest BCUT2D eigenvalue weighted by molar-refractivity contribution is 5.85. The minimum absolute atomic E-state index is 0.145. The number of unbranched alkanes of at least 4 members (excludes halogenated alkanes) is 1. The van der Waals surface area contributed by atoms with Gasteiger partial charge in [-0.1, -0.05) is 13.3 Å². The fraction of sp³-hybridized carbons (Fsp3) is 0.583. The molecule has 0 atom stereocenters. The van der Waals surface area contributed by atoms with Crippen molar-refractivity contribution in [3.8, 4) is 5.88 Å². The Bertz CT molecular complexity index is 412. The molecule has 0 unspecified atom stereocenters. The number of hydrogen-bond acceptors (Lipinski definition) is 6. The normalized spacial score (nSPS) is 10.2. The number of aromatic nitrogens is 2. The molecule has 19 heavy (non-hydrogen) atoms. The number of ether oxygens (including phenoxy) is 2. The van der Waals surface area contributed by atoms with Crippen molar-refractivity contribution in [1.82, 2.24) is 9.97 Å². The van der Waals surface area contributed by atoms with E-state index in [-0.39, 0.29) is 18.2 Å². The van der Waals surface area contributed by atoms with Crippen LogP contribution in [0.1, 0.15) is 30.3 Å². The molecular weight excluding hydrogens is 250 g/mol. The van der Waals surface area contributed by atoms with Crippen molar-refractivity contribution in [2.75, 3.05) is 32.2 Å². The Labute approximate surface area is 112 Å². The van der Waals surface area contributed by atoms with Crippen molar-refractivity contribution in [1.29, 1.82) is 0 Å². The van der Waals surface area contributed by atoms with Crippen molar-refractivity contribution in [3.63, 3.8) is 0 Å². The number of anilines is 1. The maximum absolute atomic E-state index is 10.9. The maximum Gasteiger partial charge on any atom is 0.356 e. The largest absolute Gasteiger partial charge is 0.476 e. The van der Waals surface area contributed by atoms with Crippen LogP contribution in [0.3, 0.4) is 0 Å². The van der Waals surface area contributed by atoms with Gasteiger partial charge in [0.2, 0.25) is 0 Å². The van der Waals surface area contributed by atoms with Crippen molar-refractivity contribution in [2.45, 2.75) is 19.8 Å². The van der Waals surface area contributed by atoms with Gasteiger partial charge in [0, 0.05) is 13.7 Å². The molecule has 1 aromatic heterocycles. The van der Waals surface area contributed by atoms with Crippen LogP contribution in [0.25, 0.3) is 0 Å². The predicted octanol–water partition coefficient (Wildman–Crippen LogP) is 1.41. The minimum atomic E-state index is -1.14. The lowest BCUT2D eigenvalue weighted by Crippen LogP contribution is -2.13. The van der Waals surface area contributed by atoms with Gasteiger partial charge >= 0.3 is 5.97 Å². The fourth-order valence-corrected chi connectivity index (χ4v) is 1.30. The Morgan fingerprint density at radius 3 is 2.89 bits per heavy atom. The van der Waals surface area contributed by atoms with Gasteiger partial charge in [0.05, 0.1) is 12.8 Å². The predicted molar refractivity (Wildman–Crippen MR) is 69.8 cm³/mol. The van der Waals surface area contributed by atoms with E-state index in [1.165, 1.54) is 6.20 Å². The summed E-state index contributed by atoms with van der Waals surface area (Å²) >= 11 is 0. The van der Waals surface area contributed by atoms with E-state index in [0.717, 1.165) is 19.4 Å². The standard InChI is InChI=1S/C12H19N3O4/c1-3-4-5-13-10-11(19-7-6-18-2)15-9(8-14-10)12(16)17/h8H,3-7H2,1-2H3,(H,13,14)(H,16,17). The average Bonchev–Trinajstić information content (AvgIpc) is 2.40. The van der Waals surface area contributed by atoms with Crippen LogP contribution in [0.15, 0.2) is 6.20 Å². The number of carboxylic acids is 1. The summed E-state index contributed by atoms with van der Waals surface area (Å²) in [7, 11) is 1.56. The van der Waals surface area contributed by atoms with Gasteiger partial charge in [-0.3, -0.25) is 0 Å². The molecule has 106 valence electrons. The molecule has 0 saturated carbocycles. The van der Waals surface area contributed by atoms with Crippen molar-refractivity contribution < 1.29 is 19.4 Å². The summed E-state index contributed by atoms with van der Waals surface area (Å²) in [5.41, 5.74) is -0.145. The highest BCUT2D eigenvalue weighted by atomic mass is 16.5. The van der Waals surface area contributed by atoms with E-state index in [4.69, 9.17) is 14.6 Å². The van der Waals surface area contributed by atoms with Crippen molar-refractivity contribution >= 4 is 11.8 Å². The number of nitrogens with one attached hydrogen (secondary N) is 1. The number of rotatable bonds is 9. The molecule has 1 heterocycles. The second-order valence-electron chi connectivity index (χ2n) is 3.84. The molecular formula is C12H19N3O4. The summed E-state index contributed by atoms with van der Waals surface area (Å²) in [5, 5.41) is 12.0. The molecule has 0 fully saturated rings. The van der Waals surface area contributed by atoms with Gasteiger partial charge in [-0.2, -0.15) is 0 Å². The summed E-state index contributed by atoms with van der Waals surface area (Å²) in [6.45, 7) is 3.50. The summed E-state index contributed by atoms with van der Waals surface area (Å²) in [6.07, 6.45) is 3.24. The molecule has 0 aliphatic carbocycles. The number of carboxylic acid groups (broad SMARTS) is 1. The summed E-state index contributed by atoms with van der Waals surface area (Å²) < 4.78 is 10.2. The fourth-order valence-electron chi connectivity index (χ4n) is 1.30. The first kappa shape index (κ1) is 15.2. The molecule has 0 aliphatic rings. The first-order valence-corrected chi connectivity index (χ1v) is 6.15. The molecule has 0 aromatic carbocycles. The van der Waals surface area contributed by atoms with Crippen LogP contribution in [0.2, 0.25) is 0 Å². The smallest absolute Gasteiger partial charge is 0.356 e. The van der Waals surface area contributed by atoms with Crippen LogP contribution in [-0.2, 0) is 4.74 Å². The van der Waals surface area contributed by atoms with Gasteiger partial charge in [-0.25, -0.2) is 14.8 Å². The average molecular weight is 269 g/mol. The molecule has 7 heteroatoms. The van der Waals surface area contributed by atoms with Gasteiger partial charge in [-0.05, 0) is 6.42 Å². The van der Waals surface area contributed by atoms with Gasteiger partial charge < -0.3 is 19.9 Å². The summed E-state index contributed by atoms with van der Waals surface area (Å²) in [4.78, 5) is 18.8. The maximum atomic E-state index is 10.9. The number of hydrogen-bond donors (Lipinski definition) is 2. The Kier molecular flexibility index (Phi) is 6.59. The van der Waals surface area contributed by atoms with Crippen molar-refractivity contribution in [2.24, 2.45) is 0 Å². The van der Waals surface area contributed by atoms with Gasteiger partial charge in [-0.15, -0.1) is 0 Å². The van der Waals surface area contributed by atoms with E-state index in [1.54, 1.807) is 7.11 Å². The molecule has 0 bridgehead atoms. The van der Waals surface area contributed by atoms with Crippen LogP contribution in [0.5, 0.6) is 5.88 Å². The first-order valence-electron chi connectivity index (χ1n) is 6.15. The zero-order valence-electron chi connectivity index (χ0n) is 11.2. The molecule has 1 rings (SSSR count). The van der Waals surface area contributed by atoms with E-state index in [2.05, 4.69) is 22.2 Å². The Morgan fingerprint density at radius 2 is 2.26 bits per heavy atom. The zero-order valence-corrected chi connectivity index (χ0v) is 11.2. The topological polar surface area (TPSA) is 93.6 Å². The van der Waals surface area contributed by atoms with E-state index < -0.39 is 5.97 Å². The number of aromatic carboxylic acids is 1. The summed E-state index contributed by atoms with van der Waals surface area (Å²) in [5.74, 6) is -0.494. The number of nitrogens with zero attached hydrogens (tertiary/aromatic N) is 2. The zero-order chi connectivity index (χ0) is 14.1.